The molecule has 2 atom stereocenters. The number of rotatable bonds is 1. The molecule has 0 bridgehead atoms. The van der Waals surface area contributed by atoms with Crippen molar-refractivity contribution in [2.75, 3.05) is 0 Å². The van der Waals surface area contributed by atoms with Crippen LogP contribution < -0.4 is 0 Å². The maximum atomic E-state index is 4.85. The van der Waals surface area contributed by atoms with Gasteiger partial charge in [-0.15, -0.1) is 11.3 Å². The molecule has 10 heteroatoms. The molecule has 2 unspecified atom stereocenters. The zero-order valence-corrected chi connectivity index (χ0v) is 29.5. The molecule has 11 rings (SSSR count). The number of aromatic amines is 1. The average molecular weight is 766 g/mol. The van der Waals surface area contributed by atoms with E-state index < -0.39 is 0 Å². The van der Waals surface area contributed by atoms with Crippen LogP contribution in [-0.2, 0) is 19.5 Å². The van der Waals surface area contributed by atoms with E-state index in [4.69, 9.17) is 4.98 Å². The Morgan fingerprint density at radius 3 is 1.63 bits per heavy atom. The molecule has 7 aromatic heterocycles. The largest absolute Gasteiger partial charge is 3.00 e. The topological polar surface area (TPSA) is 105 Å². The van der Waals surface area contributed by atoms with Gasteiger partial charge in [0.15, 0.2) is 0 Å². The van der Waals surface area contributed by atoms with E-state index in [0.717, 1.165) is 77.0 Å². The van der Waals surface area contributed by atoms with Crippen molar-refractivity contribution in [3.05, 3.63) is 157 Å². The van der Waals surface area contributed by atoms with E-state index in [9.17, 15) is 0 Å². The van der Waals surface area contributed by atoms with Crippen molar-refractivity contribution in [2.24, 2.45) is 4.99 Å². The van der Waals surface area contributed by atoms with Gasteiger partial charge in [0.25, 0.3) is 0 Å². The minimum absolute atomic E-state index is 0. The Morgan fingerprint density at radius 1 is 0.569 bits per heavy atom. The van der Waals surface area contributed by atoms with Gasteiger partial charge in [-0.05, 0) is 53.9 Å². The van der Waals surface area contributed by atoms with E-state index in [0.29, 0.717) is 0 Å². The quantitative estimate of drug-likeness (QED) is 0.132. The second-order valence-corrected chi connectivity index (χ2v) is 12.8. The van der Waals surface area contributed by atoms with Gasteiger partial charge in [0, 0.05) is 70.2 Å². The molecule has 1 N–H and O–H groups in total. The molecule has 243 valence electrons. The molecule has 0 amide bonds. The van der Waals surface area contributed by atoms with Crippen molar-refractivity contribution in [3.63, 3.8) is 0 Å². The van der Waals surface area contributed by atoms with Crippen LogP contribution in [0.2, 0.25) is 0 Å². The van der Waals surface area contributed by atoms with Gasteiger partial charge in [0.05, 0.1) is 44.0 Å². The Bertz CT molecular complexity index is 2480. The minimum atomic E-state index is 0. The smallest absolute Gasteiger partial charge is 0.340 e. The molecule has 1 radical (unpaired) electrons. The summed E-state index contributed by atoms with van der Waals surface area (Å²) < 4.78 is 0. The third kappa shape index (κ3) is 6.13. The number of pyridine rings is 5. The van der Waals surface area contributed by atoms with Crippen molar-refractivity contribution in [3.8, 4) is 22.0 Å². The van der Waals surface area contributed by atoms with Crippen LogP contribution in [0.15, 0.2) is 151 Å². The molecule has 9 aromatic rings. The fraction of sp³-hybridized carbons (Fsp3) is 0.0488. The summed E-state index contributed by atoms with van der Waals surface area (Å²) in [6, 6.07) is 32.5. The number of nitrogens with zero attached hydrogens (tertiary/aromatic N) is 7. The first-order chi connectivity index (χ1) is 24.8. The number of H-pyrrole nitrogens is 1. The number of fused-ring (bicyclic) bond motifs is 12. The zero-order chi connectivity index (χ0) is 33.3. The van der Waals surface area contributed by atoms with Gasteiger partial charge in [0.2, 0.25) is 0 Å². The fourth-order valence-corrected chi connectivity index (χ4v) is 7.25. The predicted octanol–water partition coefficient (Wildman–Crippen LogP) is 9.54. The van der Waals surface area contributed by atoms with E-state index in [1.807, 2.05) is 54.9 Å². The monoisotopic (exact) mass is 766 g/mol. The number of benzene rings is 2. The SMILES string of the molecule is C1=CC2c3[nH]c(-c4cccs4)nc3-c3cccnc3C2N=C1.[Ru+3].c1cnc2c(c1)ccc1cccnc12.c1cnc2c(c1)ccc1cccnc12. The summed E-state index contributed by atoms with van der Waals surface area (Å²) in [4.78, 5) is 36.1. The van der Waals surface area contributed by atoms with Gasteiger partial charge in [0.1, 0.15) is 11.9 Å². The number of imidazole rings is 1. The number of dihydropyridines is 1. The molecule has 0 saturated carbocycles. The zero-order valence-electron chi connectivity index (χ0n) is 27.0. The number of aromatic nitrogens is 7. The number of hydrogen-bond donors (Lipinski definition) is 1. The summed E-state index contributed by atoms with van der Waals surface area (Å²) in [6.07, 6.45) is 15.1. The Balaban J connectivity index is 0.000000114. The molecule has 51 heavy (non-hydrogen) atoms. The summed E-state index contributed by atoms with van der Waals surface area (Å²) >= 11 is 1.69. The van der Waals surface area contributed by atoms with E-state index >= 15 is 0 Å². The minimum Gasteiger partial charge on any atom is -0.340 e. The van der Waals surface area contributed by atoms with Gasteiger partial charge < -0.3 is 4.98 Å². The van der Waals surface area contributed by atoms with E-state index in [1.165, 1.54) is 0 Å². The predicted molar refractivity (Wildman–Crippen MR) is 202 cm³/mol. The normalized spacial score (nSPS) is 15.1. The molecule has 2 aromatic carbocycles. The Labute approximate surface area is 309 Å². The van der Waals surface area contributed by atoms with Crippen LogP contribution in [0, 0.1) is 0 Å². The van der Waals surface area contributed by atoms with Crippen molar-refractivity contribution in [1.82, 2.24) is 34.9 Å². The van der Waals surface area contributed by atoms with Gasteiger partial charge in [-0.25, -0.2) is 4.98 Å². The number of aliphatic imine (C=N–C) groups is 1. The van der Waals surface area contributed by atoms with Gasteiger partial charge >= 0.3 is 19.5 Å². The molecule has 1 aliphatic heterocycles. The van der Waals surface area contributed by atoms with Crippen molar-refractivity contribution in [2.45, 2.75) is 12.0 Å². The maximum Gasteiger partial charge on any atom is 3.00 e. The van der Waals surface area contributed by atoms with Gasteiger partial charge in [-0.2, -0.15) is 0 Å². The Morgan fingerprint density at radius 2 is 1.10 bits per heavy atom. The van der Waals surface area contributed by atoms with Crippen LogP contribution in [-0.4, -0.2) is 41.1 Å². The summed E-state index contributed by atoms with van der Waals surface area (Å²) in [5, 5.41) is 6.62. The second-order valence-electron chi connectivity index (χ2n) is 11.8. The average Bonchev–Trinajstić information content (AvgIpc) is 3.90. The standard InChI is InChI=1S/C17H12N4S.2C12H8N2.Ru/c1-4-10-13(18-7-1)14-11(5-2-8-19-14)16-15(10)20-17(21-16)12-6-3-9-22-12;2*1-3-9-5-6-10-4-2-8-14-12(10)11(9)13-7-1;/h1-10,13H,(H,20,21);2*1-8H;/q;;;+3. The molecule has 2 aliphatic rings. The maximum absolute atomic E-state index is 4.85. The second kappa shape index (κ2) is 14.2. The summed E-state index contributed by atoms with van der Waals surface area (Å²) in [7, 11) is 0. The first-order valence-corrected chi connectivity index (χ1v) is 17.2. The third-order valence-corrected chi connectivity index (χ3v) is 9.75. The molecule has 1 aliphatic carbocycles. The van der Waals surface area contributed by atoms with Crippen molar-refractivity contribution >= 4 is 61.2 Å². The van der Waals surface area contributed by atoms with Gasteiger partial charge in [-0.3, -0.25) is 29.9 Å². The first kappa shape index (κ1) is 32.4. The molecular formula is C41H28N8RuS+3. The first-order valence-electron chi connectivity index (χ1n) is 16.3. The number of thiophene rings is 1. The molecule has 8 nitrogen and oxygen atoms in total. The Hall–Kier alpha value is -5.83. The summed E-state index contributed by atoms with van der Waals surface area (Å²) in [5.74, 6) is 1.11. The number of hydrogen-bond acceptors (Lipinski definition) is 8. The number of nitrogens with one attached hydrogen (secondary N) is 1. The molecular weight excluding hydrogens is 738 g/mol. The van der Waals surface area contributed by atoms with Crippen LogP contribution in [0.5, 0.6) is 0 Å². The van der Waals surface area contributed by atoms with E-state index in [1.54, 1.807) is 36.1 Å². The van der Waals surface area contributed by atoms with E-state index in [2.05, 4.69) is 107 Å². The fourth-order valence-electron chi connectivity index (χ4n) is 6.58. The van der Waals surface area contributed by atoms with Crippen LogP contribution >= 0.6 is 11.3 Å². The summed E-state index contributed by atoms with van der Waals surface area (Å²) in [5.41, 5.74) is 8.17. The van der Waals surface area contributed by atoms with Crippen molar-refractivity contribution < 1.29 is 19.5 Å². The van der Waals surface area contributed by atoms with Crippen LogP contribution in [0.4, 0.5) is 0 Å². The van der Waals surface area contributed by atoms with Crippen molar-refractivity contribution in [1.29, 1.82) is 0 Å². The summed E-state index contributed by atoms with van der Waals surface area (Å²) in [6.45, 7) is 0. The Kier molecular flexibility index (Phi) is 9.01. The molecule has 0 saturated heterocycles. The van der Waals surface area contributed by atoms with Crippen LogP contribution in [0.25, 0.3) is 65.6 Å². The third-order valence-electron chi connectivity index (χ3n) is 8.87. The van der Waals surface area contributed by atoms with Gasteiger partial charge in [-0.1, -0.05) is 60.7 Å². The number of allylic oxidation sites excluding steroid dienone is 1. The van der Waals surface area contributed by atoms with E-state index in [-0.39, 0.29) is 31.4 Å². The molecule has 0 fully saturated rings. The molecule has 0 spiro atoms. The van der Waals surface area contributed by atoms with Crippen LogP contribution in [0.1, 0.15) is 23.3 Å². The van der Waals surface area contributed by atoms with Crippen LogP contribution in [0.3, 0.4) is 0 Å². The molecule has 8 heterocycles.